The van der Waals surface area contributed by atoms with Gasteiger partial charge in [-0.05, 0) is 42.8 Å². The van der Waals surface area contributed by atoms with Gasteiger partial charge in [-0.3, -0.25) is 13.9 Å². The average molecular weight is 429 g/mol. The van der Waals surface area contributed by atoms with E-state index >= 15 is 0 Å². The molecule has 9 heteroatoms. The predicted molar refractivity (Wildman–Crippen MR) is 114 cm³/mol. The van der Waals surface area contributed by atoms with Crippen LogP contribution >= 0.6 is 0 Å². The molecule has 1 fully saturated rings. The van der Waals surface area contributed by atoms with E-state index in [4.69, 9.17) is 4.74 Å². The molecular weight excluding hydrogens is 406 g/mol. The van der Waals surface area contributed by atoms with Crippen LogP contribution < -0.4 is 19.3 Å². The van der Waals surface area contributed by atoms with Crippen LogP contribution in [0.1, 0.15) is 19.3 Å². The Morgan fingerprint density at radius 2 is 1.77 bits per heavy atom. The zero-order chi connectivity index (χ0) is 21.1. The van der Waals surface area contributed by atoms with Crippen LogP contribution in [0.25, 0.3) is 0 Å². The Balaban J connectivity index is 1.32. The van der Waals surface area contributed by atoms with Crippen molar-refractivity contribution in [3.05, 3.63) is 48.5 Å². The van der Waals surface area contributed by atoms with Crippen LogP contribution in [-0.2, 0) is 19.6 Å². The quantitative estimate of drug-likeness (QED) is 0.787. The van der Waals surface area contributed by atoms with Gasteiger partial charge in [0.2, 0.25) is 21.8 Å². The highest BCUT2D eigenvalue weighted by Gasteiger charge is 2.28. The second kappa shape index (κ2) is 8.35. The Kier molecular flexibility index (Phi) is 5.63. The lowest BCUT2D eigenvalue weighted by molar-refractivity contribution is -0.122. The molecule has 2 amide bonds. The van der Waals surface area contributed by atoms with Gasteiger partial charge in [-0.15, -0.1) is 0 Å². The number of carbonyl (C=O) groups excluding carboxylic acids is 2. The van der Waals surface area contributed by atoms with E-state index in [1.54, 1.807) is 29.2 Å². The SMILES string of the molecule is O=C(CCC(=O)N1CCOc2ccccc21)Nc1ccc(N2CCCS2(=O)=O)cc1. The standard InChI is InChI=1S/C21H23N3O5S/c25-20(10-11-21(26)23-13-14-29-19-5-2-1-4-18(19)23)22-16-6-8-17(9-7-16)24-12-3-15-30(24,27)28/h1-2,4-9H,3,10-15H2,(H,22,25). The Morgan fingerprint density at radius 3 is 2.50 bits per heavy atom. The predicted octanol–water partition coefficient (Wildman–Crippen LogP) is 2.37. The molecule has 2 aromatic rings. The van der Waals surface area contributed by atoms with Gasteiger partial charge in [0, 0.05) is 25.1 Å². The first kappa shape index (κ1) is 20.2. The monoisotopic (exact) mass is 429 g/mol. The van der Waals surface area contributed by atoms with Gasteiger partial charge in [-0.1, -0.05) is 12.1 Å². The summed E-state index contributed by atoms with van der Waals surface area (Å²) in [5.74, 6) is 0.427. The topological polar surface area (TPSA) is 96.0 Å². The minimum Gasteiger partial charge on any atom is -0.490 e. The second-order valence-corrected chi connectivity index (χ2v) is 9.21. The second-order valence-electron chi connectivity index (χ2n) is 7.20. The van der Waals surface area contributed by atoms with Crippen molar-refractivity contribution in [3.63, 3.8) is 0 Å². The number of sulfonamides is 1. The van der Waals surface area contributed by atoms with E-state index in [1.807, 2.05) is 24.3 Å². The maximum absolute atomic E-state index is 12.6. The Morgan fingerprint density at radius 1 is 1.00 bits per heavy atom. The van der Waals surface area contributed by atoms with Crippen molar-refractivity contribution in [3.8, 4) is 5.75 Å². The van der Waals surface area contributed by atoms with Gasteiger partial charge in [0.25, 0.3) is 0 Å². The smallest absolute Gasteiger partial charge is 0.235 e. The number of carbonyl (C=O) groups is 2. The fourth-order valence-corrected chi connectivity index (χ4v) is 5.21. The van der Waals surface area contributed by atoms with E-state index < -0.39 is 10.0 Å². The third-order valence-corrected chi connectivity index (χ3v) is 7.00. The zero-order valence-electron chi connectivity index (χ0n) is 16.4. The van der Waals surface area contributed by atoms with Crippen LogP contribution in [0.15, 0.2) is 48.5 Å². The van der Waals surface area contributed by atoms with Crippen LogP contribution in [0.4, 0.5) is 17.1 Å². The van der Waals surface area contributed by atoms with Crippen LogP contribution in [0.5, 0.6) is 5.75 Å². The number of hydrogen-bond donors (Lipinski definition) is 1. The third-order valence-electron chi connectivity index (χ3n) is 5.13. The summed E-state index contributed by atoms with van der Waals surface area (Å²) in [6.07, 6.45) is 0.757. The fraction of sp³-hybridized carbons (Fsp3) is 0.333. The maximum atomic E-state index is 12.6. The molecule has 0 atom stereocenters. The minimum atomic E-state index is -3.23. The number of benzene rings is 2. The summed E-state index contributed by atoms with van der Waals surface area (Å²) in [5.41, 5.74) is 1.87. The molecule has 1 saturated heterocycles. The number of ether oxygens (including phenoxy) is 1. The average Bonchev–Trinajstić information content (AvgIpc) is 3.11. The van der Waals surface area contributed by atoms with Gasteiger partial charge in [0.05, 0.1) is 23.7 Å². The molecule has 0 unspecified atom stereocenters. The summed E-state index contributed by atoms with van der Waals surface area (Å²) in [5, 5.41) is 2.76. The molecule has 4 rings (SSSR count). The van der Waals surface area contributed by atoms with Crippen LogP contribution in [0, 0.1) is 0 Å². The van der Waals surface area contributed by atoms with Gasteiger partial charge in [0.1, 0.15) is 12.4 Å². The number of fused-ring (bicyclic) bond motifs is 1. The molecule has 0 aromatic heterocycles. The van der Waals surface area contributed by atoms with Gasteiger partial charge in [-0.25, -0.2) is 8.42 Å². The molecule has 2 heterocycles. The van der Waals surface area contributed by atoms with Crippen molar-refractivity contribution in [1.29, 1.82) is 0 Å². The van der Waals surface area contributed by atoms with E-state index in [0.717, 1.165) is 5.69 Å². The lowest BCUT2D eigenvalue weighted by Crippen LogP contribution is -2.38. The molecule has 2 aliphatic rings. The molecule has 0 aliphatic carbocycles. The molecule has 0 saturated carbocycles. The van der Waals surface area contributed by atoms with E-state index in [0.29, 0.717) is 43.2 Å². The van der Waals surface area contributed by atoms with Gasteiger partial charge < -0.3 is 15.0 Å². The molecule has 8 nitrogen and oxygen atoms in total. The minimum absolute atomic E-state index is 0.0562. The normalized spacial score (nSPS) is 17.2. The van der Waals surface area contributed by atoms with Crippen LogP contribution in [0.2, 0.25) is 0 Å². The third kappa shape index (κ3) is 4.25. The first-order valence-corrected chi connectivity index (χ1v) is 11.5. The van der Waals surface area contributed by atoms with Crippen molar-refractivity contribution in [2.45, 2.75) is 19.3 Å². The Hall–Kier alpha value is -3.07. The number of anilines is 3. The van der Waals surface area contributed by atoms with E-state index in [9.17, 15) is 18.0 Å². The summed E-state index contributed by atoms with van der Waals surface area (Å²) in [6.45, 7) is 1.35. The summed E-state index contributed by atoms with van der Waals surface area (Å²) >= 11 is 0. The summed E-state index contributed by atoms with van der Waals surface area (Å²) in [7, 11) is -3.23. The molecular formula is C21H23N3O5S. The zero-order valence-corrected chi connectivity index (χ0v) is 17.2. The summed E-state index contributed by atoms with van der Waals surface area (Å²) in [4.78, 5) is 26.5. The highest BCUT2D eigenvalue weighted by molar-refractivity contribution is 7.93. The number of nitrogens with one attached hydrogen (secondary N) is 1. The van der Waals surface area contributed by atoms with Crippen molar-refractivity contribution in [1.82, 2.24) is 0 Å². The molecule has 30 heavy (non-hydrogen) atoms. The van der Waals surface area contributed by atoms with Crippen molar-refractivity contribution in [2.75, 3.05) is 40.0 Å². The maximum Gasteiger partial charge on any atom is 0.235 e. The molecule has 2 aliphatic heterocycles. The van der Waals surface area contributed by atoms with Crippen LogP contribution in [0.3, 0.4) is 0 Å². The number of rotatable bonds is 5. The van der Waals surface area contributed by atoms with Crippen LogP contribution in [-0.4, -0.2) is 45.7 Å². The highest BCUT2D eigenvalue weighted by atomic mass is 32.2. The molecule has 0 radical (unpaired) electrons. The lowest BCUT2D eigenvalue weighted by Gasteiger charge is -2.29. The molecule has 158 valence electrons. The number of amides is 2. The van der Waals surface area contributed by atoms with E-state index in [-0.39, 0.29) is 30.4 Å². The van der Waals surface area contributed by atoms with Gasteiger partial charge in [-0.2, -0.15) is 0 Å². The number of para-hydroxylation sites is 2. The van der Waals surface area contributed by atoms with E-state index in [1.165, 1.54) is 4.31 Å². The van der Waals surface area contributed by atoms with Gasteiger partial charge >= 0.3 is 0 Å². The van der Waals surface area contributed by atoms with Crippen molar-refractivity contribution in [2.24, 2.45) is 0 Å². The molecule has 0 spiro atoms. The number of hydrogen-bond acceptors (Lipinski definition) is 5. The Labute approximate surface area is 175 Å². The fourth-order valence-electron chi connectivity index (χ4n) is 3.65. The van der Waals surface area contributed by atoms with Gasteiger partial charge in [0.15, 0.2) is 0 Å². The molecule has 1 N–H and O–H groups in total. The largest absolute Gasteiger partial charge is 0.490 e. The molecule has 2 aromatic carbocycles. The Bertz CT molecular complexity index is 1050. The van der Waals surface area contributed by atoms with Crippen molar-refractivity contribution >= 4 is 38.9 Å². The van der Waals surface area contributed by atoms with Crippen molar-refractivity contribution < 1.29 is 22.7 Å². The summed E-state index contributed by atoms with van der Waals surface area (Å²) < 4.78 is 30.9. The van der Waals surface area contributed by atoms with E-state index in [2.05, 4.69) is 5.32 Å². The summed E-state index contributed by atoms with van der Waals surface area (Å²) in [6, 6.07) is 14.0. The first-order valence-electron chi connectivity index (χ1n) is 9.86. The lowest BCUT2D eigenvalue weighted by atomic mass is 10.2. The highest BCUT2D eigenvalue weighted by Crippen LogP contribution is 2.31. The number of nitrogens with zero attached hydrogens (tertiary/aromatic N) is 2. The first-order chi connectivity index (χ1) is 14.4. The molecule has 0 bridgehead atoms.